The Morgan fingerprint density at radius 1 is 1.00 bits per heavy atom. The van der Waals surface area contributed by atoms with Crippen LogP contribution in [0.1, 0.15) is 5.56 Å². The van der Waals surface area contributed by atoms with Gasteiger partial charge in [0.25, 0.3) is 0 Å². The van der Waals surface area contributed by atoms with Gasteiger partial charge in [0.05, 0.1) is 26.1 Å². The molecule has 0 aliphatic heterocycles. The highest BCUT2D eigenvalue weighted by Gasteiger charge is 2.02. The van der Waals surface area contributed by atoms with Crippen molar-refractivity contribution in [3.63, 3.8) is 0 Å². The molecule has 0 spiro atoms. The molecule has 2 aromatic carbocycles. The summed E-state index contributed by atoms with van der Waals surface area (Å²) in [5.74, 6) is 1.36. The molecule has 0 amide bonds. The third-order valence-electron chi connectivity index (χ3n) is 2.66. The van der Waals surface area contributed by atoms with Gasteiger partial charge in [-0.1, -0.05) is 11.6 Å². The molecule has 4 nitrogen and oxygen atoms in total. The maximum absolute atomic E-state index is 5.81. The quantitative estimate of drug-likeness (QED) is 0.673. The summed E-state index contributed by atoms with van der Waals surface area (Å²) < 4.78 is 10.4. The lowest BCUT2D eigenvalue weighted by Gasteiger charge is -2.07. The SMILES string of the molecule is COc1ccc(C=NNc2ccc(Cl)cc2)cc1OC. The average molecular weight is 291 g/mol. The third-order valence-corrected chi connectivity index (χ3v) is 2.91. The molecule has 0 heterocycles. The van der Waals surface area contributed by atoms with Gasteiger partial charge in [-0.2, -0.15) is 5.10 Å². The van der Waals surface area contributed by atoms with Gasteiger partial charge in [-0.15, -0.1) is 0 Å². The summed E-state index contributed by atoms with van der Waals surface area (Å²) in [7, 11) is 3.21. The molecule has 104 valence electrons. The number of methoxy groups -OCH3 is 2. The van der Waals surface area contributed by atoms with Crippen LogP contribution in [0.25, 0.3) is 0 Å². The Hall–Kier alpha value is -2.20. The van der Waals surface area contributed by atoms with Gasteiger partial charge in [0.2, 0.25) is 0 Å². The maximum atomic E-state index is 5.81. The van der Waals surface area contributed by atoms with Crippen LogP contribution in [0, 0.1) is 0 Å². The van der Waals surface area contributed by atoms with Crippen LogP contribution in [0.2, 0.25) is 5.02 Å². The zero-order valence-corrected chi connectivity index (χ0v) is 12.0. The second-order valence-corrected chi connectivity index (χ2v) is 4.43. The Kier molecular flexibility index (Phi) is 4.85. The van der Waals surface area contributed by atoms with Crippen molar-refractivity contribution >= 4 is 23.5 Å². The van der Waals surface area contributed by atoms with Crippen LogP contribution in [-0.4, -0.2) is 20.4 Å². The number of ether oxygens (including phenoxy) is 2. The van der Waals surface area contributed by atoms with E-state index in [9.17, 15) is 0 Å². The monoisotopic (exact) mass is 290 g/mol. The van der Waals surface area contributed by atoms with Crippen molar-refractivity contribution in [2.24, 2.45) is 5.10 Å². The molecule has 20 heavy (non-hydrogen) atoms. The molecule has 0 aliphatic carbocycles. The first-order valence-corrected chi connectivity index (χ1v) is 6.37. The normalized spacial score (nSPS) is 10.6. The van der Waals surface area contributed by atoms with Gasteiger partial charge < -0.3 is 9.47 Å². The lowest BCUT2D eigenvalue weighted by molar-refractivity contribution is 0.355. The van der Waals surface area contributed by atoms with Crippen LogP contribution >= 0.6 is 11.6 Å². The van der Waals surface area contributed by atoms with E-state index in [1.165, 1.54) is 0 Å². The molecule has 0 saturated carbocycles. The van der Waals surface area contributed by atoms with E-state index in [1.54, 1.807) is 32.6 Å². The first-order chi connectivity index (χ1) is 9.72. The molecule has 0 radical (unpaired) electrons. The van der Waals surface area contributed by atoms with E-state index in [0.29, 0.717) is 16.5 Å². The number of nitrogens with zero attached hydrogens (tertiary/aromatic N) is 1. The van der Waals surface area contributed by atoms with E-state index in [0.717, 1.165) is 11.3 Å². The Labute approximate surface area is 123 Å². The van der Waals surface area contributed by atoms with E-state index >= 15 is 0 Å². The van der Waals surface area contributed by atoms with Gasteiger partial charge in [0.15, 0.2) is 11.5 Å². The smallest absolute Gasteiger partial charge is 0.161 e. The van der Waals surface area contributed by atoms with Crippen molar-refractivity contribution in [1.82, 2.24) is 0 Å². The number of anilines is 1. The first-order valence-electron chi connectivity index (χ1n) is 5.99. The Morgan fingerprint density at radius 3 is 2.35 bits per heavy atom. The van der Waals surface area contributed by atoms with Crippen LogP contribution in [0.15, 0.2) is 47.6 Å². The molecule has 0 aliphatic rings. The summed E-state index contributed by atoms with van der Waals surface area (Å²) in [5.41, 5.74) is 4.70. The zero-order chi connectivity index (χ0) is 14.4. The zero-order valence-electron chi connectivity index (χ0n) is 11.3. The van der Waals surface area contributed by atoms with E-state index in [-0.39, 0.29) is 0 Å². The van der Waals surface area contributed by atoms with Crippen molar-refractivity contribution < 1.29 is 9.47 Å². The number of hydrogen-bond acceptors (Lipinski definition) is 4. The molecule has 5 heteroatoms. The number of hydrogen-bond donors (Lipinski definition) is 1. The summed E-state index contributed by atoms with van der Waals surface area (Å²) in [6.07, 6.45) is 1.70. The first kappa shape index (κ1) is 14.2. The summed E-state index contributed by atoms with van der Waals surface area (Å²) >= 11 is 5.81. The molecular formula is C15H15ClN2O2. The summed E-state index contributed by atoms with van der Waals surface area (Å²) in [6.45, 7) is 0. The predicted octanol–water partition coefficient (Wildman–Crippen LogP) is 3.80. The fraction of sp³-hybridized carbons (Fsp3) is 0.133. The van der Waals surface area contributed by atoms with Crippen LogP contribution in [0.3, 0.4) is 0 Å². The maximum Gasteiger partial charge on any atom is 0.161 e. The van der Waals surface area contributed by atoms with Crippen molar-refractivity contribution in [1.29, 1.82) is 0 Å². The Morgan fingerprint density at radius 2 is 1.70 bits per heavy atom. The molecule has 0 fully saturated rings. The van der Waals surface area contributed by atoms with Gasteiger partial charge in [-0.05, 0) is 48.0 Å². The minimum absolute atomic E-state index is 0.669. The Bertz CT molecular complexity index is 597. The van der Waals surface area contributed by atoms with Crippen molar-refractivity contribution in [2.75, 3.05) is 19.6 Å². The number of nitrogens with one attached hydrogen (secondary N) is 1. The molecule has 2 rings (SSSR count). The second-order valence-electron chi connectivity index (χ2n) is 3.99. The molecule has 0 aromatic heterocycles. The minimum atomic E-state index is 0.669. The molecule has 0 bridgehead atoms. The fourth-order valence-corrected chi connectivity index (χ4v) is 1.76. The minimum Gasteiger partial charge on any atom is -0.493 e. The van der Waals surface area contributed by atoms with Crippen LogP contribution in [0.4, 0.5) is 5.69 Å². The van der Waals surface area contributed by atoms with Crippen LogP contribution in [0.5, 0.6) is 11.5 Å². The molecular weight excluding hydrogens is 276 g/mol. The van der Waals surface area contributed by atoms with E-state index in [4.69, 9.17) is 21.1 Å². The molecule has 1 N–H and O–H groups in total. The largest absolute Gasteiger partial charge is 0.493 e. The van der Waals surface area contributed by atoms with Crippen molar-refractivity contribution in [2.45, 2.75) is 0 Å². The van der Waals surface area contributed by atoms with Gasteiger partial charge in [-0.3, -0.25) is 5.43 Å². The van der Waals surface area contributed by atoms with Crippen LogP contribution < -0.4 is 14.9 Å². The molecule has 0 saturated heterocycles. The highest BCUT2D eigenvalue weighted by atomic mass is 35.5. The Balaban J connectivity index is 2.05. The standard InChI is InChI=1S/C15H15ClN2O2/c1-19-14-8-3-11(9-15(14)20-2)10-17-18-13-6-4-12(16)5-7-13/h3-10,18H,1-2H3. The fourth-order valence-electron chi connectivity index (χ4n) is 1.64. The van der Waals surface area contributed by atoms with E-state index in [1.807, 2.05) is 30.3 Å². The number of rotatable bonds is 5. The van der Waals surface area contributed by atoms with Crippen molar-refractivity contribution in [3.8, 4) is 11.5 Å². The average Bonchev–Trinajstić information content (AvgIpc) is 2.49. The summed E-state index contributed by atoms with van der Waals surface area (Å²) in [4.78, 5) is 0. The van der Waals surface area contributed by atoms with E-state index < -0.39 is 0 Å². The molecule has 2 aromatic rings. The number of halogens is 1. The van der Waals surface area contributed by atoms with Gasteiger partial charge in [0.1, 0.15) is 0 Å². The number of hydrazone groups is 1. The lowest BCUT2D eigenvalue weighted by atomic mass is 10.2. The molecule has 0 atom stereocenters. The lowest BCUT2D eigenvalue weighted by Crippen LogP contribution is -1.93. The third kappa shape index (κ3) is 3.65. The topological polar surface area (TPSA) is 42.8 Å². The summed E-state index contributed by atoms with van der Waals surface area (Å²) in [5, 5.41) is 4.85. The predicted molar refractivity (Wildman–Crippen MR) is 82.2 cm³/mol. The highest BCUT2D eigenvalue weighted by molar-refractivity contribution is 6.30. The van der Waals surface area contributed by atoms with Crippen molar-refractivity contribution in [3.05, 3.63) is 53.1 Å². The van der Waals surface area contributed by atoms with Gasteiger partial charge >= 0.3 is 0 Å². The van der Waals surface area contributed by atoms with Gasteiger partial charge in [0, 0.05) is 5.02 Å². The number of benzene rings is 2. The van der Waals surface area contributed by atoms with E-state index in [2.05, 4.69) is 10.5 Å². The second kappa shape index (κ2) is 6.82. The van der Waals surface area contributed by atoms with Crippen LogP contribution in [-0.2, 0) is 0 Å². The summed E-state index contributed by atoms with van der Waals surface area (Å²) in [6, 6.07) is 12.9. The van der Waals surface area contributed by atoms with Gasteiger partial charge in [-0.25, -0.2) is 0 Å². The highest BCUT2D eigenvalue weighted by Crippen LogP contribution is 2.26. The molecule has 0 unspecified atom stereocenters.